The smallest absolute Gasteiger partial charge is 0.227 e. The molecule has 1 aromatic heterocycles. The summed E-state index contributed by atoms with van der Waals surface area (Å²) in [7, 11) is 1.91. The summed E-state index contributed by atoms with van der Waals surface area (Å²) in [6.07, 6.45) is 0.806. The fourth-order valence-corrected chi connectivity index (χ4v) is 1.38. The second kappa shape index (κ2) is 5.99. The van der Waals surface area contributed by atoms with Crippen LogP contribution >= 0.6 is 11.8 Å². The second-order valence-electron chi connectivity index (χ2n) is 2.60. The van der Waals surface area contributed by atoms with E-state index < -0.39 is 0 Å². The quantitative estimate of drug-likeness (QED) is 0.746. The molecule has 0 aliphatic heterocycles. The normalized spacial score (nSPS) is 10.6. The average molecular weight is 201 g/mol. The topological polar surface area (TPSA) is 51.0 Å². The number of likely N-dealkylation sites (N-methyl/N-ethyl adjacent to an activating group) is 1. The number of rotatable bonds is 6. The molecule has 0 atom stereocenters. The van der Waals surface area contributed by atoms with Crippen LogP contribution < -0.4 is 5.32 Å². The second-order valence-corrected chi connectivity index (χ2v) is 3.87. The molecule has 74 valence electrons. The predicted molar refractivity (Wildman–Crippen MR) is 53.8 cm³/mol. The Kier molecular flexibility index (Phi) is 4.85. The SMILES string of the molecule is CCSCc1noc(CCNC)n1. The summed E-state index contributed by atoms with van der Waals surface area (Å²) < 4.78 is 5.05. The van der Waals surface area contributed by atoms with Gasteiger partial charge in [0.1, 0.15) is 0 Å². The van der Waals surface area contributed by atoms with E-state index in [2.05, 4.69) is 22.4 Å². The van der Waals surface area contributed by atoms with E-state index in [9.17, 15) is 0 Å². The van der Waals surface area contributed by atoms with Crippen LogP contribution in [0.4, 0.5) is 0 Å². The summed E-state index contributed by atoms with van der Waals surface area (Å²) in [4.78, 5) is 4.25. The molecular weight excluding hydrogens is 186 g/mol. The molecule has 0 radical (unpaired) electrons. The van der Waals surface area contributed by atoms with E-state index in [1.807, 2.05) is 7.05 Å². The van der Waals surface area contributed by atoms with Crippen molar-refractivity contribution in [1.29, 1.82) is 0 Å². The van der Waals surface area contributed by atoms with E-state index in [0.29, 0.717) is 0 Å². The number of aromatic nitrogens is 2. The fraction of sp³-hybridized carbons (Fsp3) is 0.750. The summed E-state index contributed by atoms with van der Waals surface area (Å²) >= 11 is 1.80. The van der Waals surface area contributed by atoms with Crippen LogP contribution in [0.2, 0.25) is 0 Å². The van der Waals surface area contributed by atoms with E-state index in [4.69, 9.17) is 4.52 Å². The third-order valence-corrected chi connectivity index (χ3v) is 2.40. The molecule has 0 aromatic carbocycles. The Hall–Kier alpha value is -0.550. The Labute approximate surface area is 82.5 Å². The van der Waals surface area contributed by atoms with Gasteiger partial charge in [0.15, 0.2) is 5.82 Å². The lowest BCUT2D eigenvalue weighted by Crippen LogP contribution is -2.10. The minimum absolute atomic E-state index is 0.723. The highest BCUT2D eigenvalue weighted by Gasteiger charge is 2.04. The molecule has 0 saturated heterocycles. The molecule has 0 aliphatic carbocycles. The van der Waals surface area contributed by atoms with Gasteiger partial charge < -0.3 is 9.84 Å². The molecule has 1 rings (SSSR count). The highest BCUT2D eigenvalue weighted by atomic mass is 32.2. The summed E-state index contributed by atoms with van der Waals surface area (Å²) in [5, 5.41) is 6.91. The highest BCUT2D eigenvalue weighted by molar-refractivity contribution is 7.98. The minimum atomic E-state index is 0.723. The van der Waals surface area contributed by atoms with E-state index in [0.717, 1.165) is 36.2 Å². The Bertz CT molecular complexity index is 217. The van der Waals surface area contributed by atoms with Crippen molar-refractivity contribution in [2.75, 3.05) is 19.3 Å². The molecule has 0 saturated carbocycles. The van der Waals surface area contributed by atoms with Gasteiger partial charge in [-0.2, -0.15) is 16.7 Å². The molecule has 0 bridgehead atoms. The third kappa shape index (κ3) is 3.78. The van der Waals surface area contributed by atoms with Crippen LogP contribution in [0.15, 0.2) is 4.52 Å². The predicted octanol–water partition coefficient (Wildman–Crippen LogP) is 1.08. The number of nitrogens with zero attached hydrogens (tertiary/aromatic N) is 2. The van der Waals surface area contributed by atoms with E-state index in [-0.39, 0.29) is 0 Å². The van der Waals surface area contributed by atoms with Gasteiger partial charge in [-0.3, -0.25) is 0 Å². The first-order valence-electron chi connectivity index (χ1n) is 4.40. The van der Waals surface area contributed by atoms with Crippen molar-refractivity contribution >= 4 is 11.8 Å². The maximum Gasteiger partial charge on any atom is 0.227 e. The van der Waals surface area contributed by atoms with Crippen LogP contribution in [0.5, 0.6) is 0 Å². The van der Waals surface area contributed by atoms with Crippen LogP contribution in [-0.4, -0.2) is 29.5 Å². The molecule has 0 amide bonds. The van der Waals surface area contributed by atoms with Crippen molar-refractivity contribution in [2.24, 2.45) is 0 Å². The zero-order chi connectivity index (χ0) is 9.52. The van der Waals surface area contributed by atoms with Crippen molar-refractivity contribution in [1.82, 2.24) is 15.5 Å². The molecule has 1 N–H and O–H groups in total. The van der Waals surface area contributed by atoms with E-state index in [1.165, 1.54) is 0 Å². The van der Waals surface area contributed by atoms with Gasteiger partial charge in [0.2, 0.25) is 5.89 Å². The molecule has 0 aliphatic rings. The largest absolute Gasteiger partial charge is 0.339 e. The van der Waals surface area contributed by atoms with Gasteiger partial charge in [-0.25, -0.2) is 0 Å². The molecule has 0 spiro atoms. The van der Waals surface area contributed by atoms with Gasteiger partial charge in [0, 0.05) is 13.0 Å². The zero-order valence-electron chi connectivity index (χ0n) is 8.04. The first-order valence-corrected chi connectivity index (χ1v) is 5.56. The molecule has 1 aromatic rings. The lowest BCUT2D eigenvalue weighted by Gasteiger charge is -1.91. The highest BCUT2D eigenvalue weighted by Crippen LogP contribution is 2.08. The standard InChI is InChI=1S/C8H15N3OS/c1-3-13-6-7-10-8(12-11-7)4-5-9-2/h9H,3-6H2,1-2H3. The third-order valence-electron chi connectivity index (χ3n) is 1.53. The lowest BCUT2D eigenvalue weighted by molar-refractivity contribution is 0.373. The van der Waals surface area contributed by atoms with Gasteiger partial charge in [-0.1, -0.05) is 12.1 Å². The van der Waals surface area contributed by atoms with Crippen LogP contribution in [0.1, 0.15) is 18.6 Å². The van der Waals surface area contributed by atoms with Gasteiger partial charge in [-0.05, 0) is 12.8 Å². The number of hydrogen-bond acceptors (Lipinski definition) is 5. The maximum absolute atomic E-state index is 5.05. The minimum Gasteiger partial charge on any atom is -0.339 e. The molecule has 1 heterocycles. The molecule has 0 unspecified atom stereocenters. The molecule has 5 heteroatoms. The van der Waals surface area contributed by atoms with E-state index in [1.54, 1.807) is 11.8 Å². The van der Waals surface area contributed by atoms with Gasteiger partial charge in [-0.15, -0.1) is 0 Å². The maximum atomic E-state index is 5.05. The van der Waals surface area contributed by atoms with Gasteiger partial charge in [0.05, 0.1) is 5.75 Å². The Morgan fingerprint density at radius 2 is 2.38 bits per heavy atom. The van der Waals surface area contributed by atoms with Crippen molar-refractivity contribution in [2.45, 2.75) is 19.1 Å². The number of thioether (sulfide) groups is 1. The average Bonchev–Trinajstić information content (AvgIpc) is 2.59. The summed E-state index contributed by atoms with van der Waals surface area (Å²) in [5.41, 5.74) is 0. The van der Waals surface area contributed by atoms with Crippen molar-refractivity contribution in [3.05, 3.63) is 11.7 Å². The number of nitrogens with one attached hydrogen (secondary N) is 1. The first-order chi connectivity index (χ1) is 6.36. The van der Waals surface area contributed by atoms with Crippen molar-refractivity contribution in [3.63, 3.8) is 0 Å². The summed E-state index contributed by atoms with van der Waals surface area (Å²) in [6.45, 7) is 3.00. The molecule has 13 heavy (non-hydrogen) atoms. The van der Waals surface area contributed by atoms with E-state index >= 15 is 0 Å². The first kappa shape index (κ1) is 10.5. The monoisotopic (exact) mass is 201 g/mol. The van der Waals surface area contributed by atoms with Crippen LogP contribution in [0.3, 0.4) is 0 Å². The Morgan fingerprint density at radius 3 is 3.08 bits per heavy atom. The molecular formula is C8H15N3OS. The fourth-order valence-electron chi connectivity index (χ4n) is 0.876. The Morgan fingerprint density at radius 1 is 1.54 bits per heavy atom. The zero-order valence-corrected chi connectivity index (χ0v) is 8.86. The molecule has 0 fully saturated rings. The molecule has 4 nitrogen and oxygen atoms in total. The lowest BCUT2D eigenvalue weighted by atomic mass is 10.4. The van der Waals surface area contributed by atoms with Gasteiger partial charge in [0.25, 0.3) is 0 Å². The van der Waals surface area contributed by atoms with Gasteiger partial charge >= 0.3 is 0 Å². The number of hydrogen-bond donors (Lipinski definition) is 1. The Balaban J connectivity index is 2.34. The van der Waals surface area contributed by atoms with Crippen LogP contribution in [0, 0.1) is 0 Å². The van der Waals surface area contributed by atoms with Crippen LogP contribution in [0.25, 0.3) is 0 Å². The summed E-state index contributed by atoms with van der Waals surface area (Å²) in [5.74, 6) is 3.46. The van der Waals surface area contributed by atoms with Crippen LogP contribution in [-0.2, 0) is 12.2 Å². The summed E-state index contributed by atoms with van der Waals surface area (Å²) in [6, 6.07) is 0. The van der Waals surface area contributed by atoms with Crippen molar-refractivity contribution in [3.8, 4) is 0 Å². The van der Waals surface area contributed by atoms with Crippen molar-refractivity contribution < 1.29 is 4.52 Å².